The number of hydrogen-bond donors (Lipinski definition) is 2. The van der Waals surface area contributed by atoms with Crippen LogP contribution < -0.4 is 5.32 Å². The van der Waals surface area contributed by atoms with E-state index < -0.39 is 0 Å². The Morgan fingerprint density at radius 1 is 1.12 bits per heavy atom. The van der Waals surface area contributed by atoms with Crippen molar-refractivity contribution >= 4 is 12.1 Å². The molecule has 0 atom stereocenters. The van der Waals surface area contributed by atoms with Gasteiger partial charge in [0.25, 0.3) is 0 Å². The number of hydrogen-bond acceptors (Lipinski definition) is 9. The third kappa shape index (κ3) is 11.4. The van der Waals surface area contributed by atoms with Crippen molar-refractivity contribution in [3.05, 3.63) is 11.9 Å². The van der Waals surface area contributed by atoms with E-state index in [9.17, 15) is 4.79 Å². The summed E-state index contributed by atoms with van der Waals surface area (Å²) in [6.45, 7) is 6.31. The molecule has 0 saturated heterocycles. The SMILES string of the molecule is CCCCCC(=O)NCCOCCOCCOCCn1cc(CCC2(CC=N)N=N2)nn1. The van der Waals surface area contributed by atoms with E-state index in [4.69, 9.17) is 19.6 Å². The zero-order valence-electron chi connectivity index (χ0n) is 19.1. The van der Waals surface area contributed by atoms with Gasteiger partial charge in [-0.2, -0.15) is 10.2 Å². The van der Waals surface area contributed by atoms with Crippen LogP contribution in [0.5, 0.6) is 0 Å². The van der Waals surface area contributed by atoms with Crippen molar-refractivity contribution in [2.75, 3.05) is 46.2 Å². The van der Waals surface area contributed by atoms with Crippen LogP contribution in [0.3, 0.4) is 0 Å². The molecule has 0 aromatic carbocycles. The summed E-state index contributed by atoms with van der Waals surface area (Å²) in [5.41, 5.74) is 0.509. The first kappa shape index (κ1) is 26.0. The van der Waals surface area contributed by atoms with Crippen molar-refractivity contribution in [2.24, 2.45) is 10.2 Å². The van der Waals surface area contributed by atoms with Crippen LogP contribution in [-0.2, 0) is 32.0 Å². The second-order valence-corrected chi connectivity index (χ2v) is 7.71. The number of aromatic nitrogens is 3. The Kier molecular flexibility index (Phi) is 12.6. The van der Waals surface area contributed by atoms with E-state index in [0.29, 0.717) is 65.6 Å². The Bertz CT molecular complexity index is 689. The fourth-order valence-corrected chi connectivity index (χ4v) is 3.00. The second kappa shape index (κ2) is 15.5. The van der Waals surface area contributed by atoms with Gasteiger partial charge in [0.15, 0.2) is 5.66 Å². The lowest BCUT2D eigenvalue weighted by molar-refractivity contribution is -0.121. The number of nitrogens with one attached hydrogen (secondary N) is 2. The van der Waals surface area contributed by atoms with Crippen LogP contribution in [0.2, 0.25) is 0 Å². The molecule has 0 unspecified atom stereocenters. The van der Waals surface area contributed by atoms with E-state index in [1.54, 1.807) is 4.68 Å². The van der Waals surface area contributed by atoms with E-state index in [2.05, 4.69) is 32.8 Å². The van der Waals surface area contributed by atoms with Crippen molar-refractivity contribution in [3.8, 4) is 0 Å². The third-order valence-electron chi connectivity index (χ3n) is 4.96. The summed E-state index contributed by atoms with van der Waals surface area (Å²) < 4.78 is 18.2. The number of carbonyl (C=O) groups excluding carboxylic acids is 1. The average Bonchev–Trinajstić information content (AvgIpc) is 3.40. The van der Waals surface area contributed by atoms with E-state index in [-0.39, 0.29) is 11.6 Å². The minimum Gasteiger partial charge on any atom is -0.377 e. The summed E-state index contributed by atoms with van der Waals surface area (Å²) in [4.78, 5) is 11.5. The quantitative estimate of drug-likeness (QED) is 0.217. The molecule has 0 fully saturated rings. The van der Waals surface area contributed by atoms with Gasteiger partial charge in [-0.3, -0.25) is 4.79 Å². The van der Waals surface area contributed by atoms with E-state index in [1.807, 2.05) is 6.20 Å². The smallest absolute Gasteiger partial charge is 0.220 e. The van der Waals surface area contributed by atoms with Gasteiger partial charge in [0.2, 0.25) is 5.91 Å². The van der Waals surface area contributed by atoms with Crippen LogP contribution in [0.15, 0.2) is 16.4 Å². The van der Waals surface area contributed by atoms with E-state index >= 15 is 0 Å². The fourth-order valence-electron chi connectivity index (χ4n) is 3.00. The summed E-state index contributed by atoms with van der Waals surface area (Å²) in [5, 5.41) is 26.4. The molecule has 2 N–H and O–H groups in total. The molecule has 2 heterocycles. The summed E-state index contributed by atoms with van der Waals surface area (Å²) in [5.74, 6) is 0.0927. The minimum absolute atomic E-state index is 0.0927. The number of unbranched alkanes of at least 4 members (excludes halogenated alkanes) is 2. The maximum atomic E-state index is 11.5. The topological polar surface area (TPSA) is 136 Å². The summed E-state index contributed by atoms with van der Waals surface area (Å²) in [6, 6.07) is 0. The van der Waals surface area contributed by atoms with Gasteiger partial charge in [0.1, 0.15) is 0 Å². The maximum Gasteiger partial charge on any atom is 0.220 e. The van der Waals surface area contributed by atoms with Gasteiger partial charge in [-0.15, -0.1) is 5.10 Å². The molecule has 1 aromatic rings. The molecule has 1 aliphatic rings. The largest absolute Gasteiger partial charge is 0.377 e. The van der Waals surface area contributed by atoms with E-state index in [1.165, 1.54) is 6.21 Å². The first-order chi connectivity index (χ1) is 15.7. The monoisotopic (exact) mass is 451 g/mol. The van der Waals surface area contributed by atoms with Crippen molar-refractivity contribution in [2.45, 2.75) is 64.1 Å². The van der Waals surface area contributed by atoms with Gasteiger partial charge < -0.3 is 24.9 Å². The Hall–Kier alpha value is -2.24. The molecule has 0 radical (unpaired) electrons. The predicted molar refractivity (Wildman–Crippen MR) is 119 cm³/mol. The molecule has 1 aromatic heterocycles. The van der Waals surface area contributed by atoms with Crippen molar-refractivity contribution in [1.82, 2.24) is 20.3 Å². The molecule has 11 nitrogen and oxygen atoms in total. The number of rotatable bonds is 21. The maximum absolute atomic E-state index is 11.5. The molecular weight excluding hydrogens is 414 g/mol. The molecule has 2 rings (SSSR count). The van der Waals surface area contributed by atoms with Crippen molar-refractivity contribution in [3.63, 3.8) is 0 Å². The van der Waals surface area contributed by atoms with Crippen LogP contribution >= 0.6 is 0 Å². The molecule has 0 saturated carbocycles. The summed E-state index contributed by atoms with van der Waals surface area (Å²) in [7, 11) is 0. The number of aryl methyl sites for hydroxylation is 1. The van der Waals surface area contributed by atoms with Crippen molar-refractivity contribution in [1.29, 1.82) is 5.41 Å². The Morgan fingerprint density at radius 2 is 1.84 bits per heavy atom. The zero-order chi connectivity index (χ0) is 22.9. The Labute approximate surface area is 189 Å². The average molecular weight is 452 g/mol. The molecule has 32 heavy (non-hydrogen) atoms. The van der Waals surface area contributed by atoms with Gasteiger partial charge in [-0.05, 0) is 19.1 Å². The second-order valence-electron chi connectivity index (χ2n) is 7.71. The number of carbonyl (C=O) groups is 1. The fraction of sp³-hybridized carbons (Fsp3) is 0.810. The molecular formula is C21H37N7O4. The first-order valence-electron chi connectivity index (χ1n) is 11.5. The van der Waals surface area contributed by atoms with Gasteiger partial charge in [0, 0.05) is 32.0 Å². The van der Waals surface area contributed by atoms with Crippen LogP contribution in [0.1, 0.15) is 51.1 Å². The highest BCUT2D eigenvalue weighted by Gasteiger charge is 2.38. The normalized spacial score (nSPS) is 13.9. The predicted octanol–water partition coefficient (Wildman–Crippen LogP) is 2.16. The van der Waals surface area contributed by atoms with Crippen LogP contribution in [-0.4, -0.2) is 79.0 Å². The van der Waals surface area contributed by atoms with Crippen LogP contribution in [0.4, 0.5) is 0 Å². The molecule has 11 heteroatoms. The molecule has 0 bridgehead atoms. The van der Waals surface area contributed by atoms with Gasteiger partial charge >= 0.3 is 0 Å². The zero-order valence-corrected chi connectivity index (χ0v) is 19.1. The Morgan fingerprint density at radius 3 is 2.53 bits per heavy atom. The third-order valence-corrected chi connectivity index (χ3v) is 4.96. The first-order valence-corrected chi connectivity index (χ1v) is 11.5. The van der Waals surface area contributed by atoms with Crippen molar-refractivity contribution < 1.29 is 19.0 Å². The lowest BCUT2D eigenvalue weighted by Crippen LogP contribution is -2.27. The number of amides is 1. The van der Waals surface area contributed by atoms with Gasteiger partial charge in [0.05, 0.1) is 51.9 Å². The minimum atomic E-state index is -0.385. The lowest BCUT2D eigenvalue weighted by atomic mass is 10.0. The van der Waals surface area contributed by atoms with Crippen LogP contribution in [0, 0.1) is 5.41 Å². The highest BCUT2D eigenvalue weighted by Crippen LogP contribution is 2.35. The summed E-state index contributed by atoms with van der Waals surface area (Å²) >= 11 is 0. The molecule has 180 valence electrons. The van der Waals surface area contributed by atoms with Crippen LogP contribution in [0.25, 0.3) is 0 Å². The highest BCUT2D eigenvalue weighted by atomic mass is 16.5. The van der Waals surface area contributed by atoms with E-state index in [0.717, 1.165) is 37.8 Å². The summed E-state index contributed by atoms with van der Waals surface area (Å²) in [6.07, 6.45) is 9.06. The highest BCUT2D eigenvalue weighted by molar-refractivity contribution is 5.75. The molecule has 1 aliphatic heterocycles. The van der Waals surface area contributed by atoms with Gasteiger partial charge in [-0.25, -0.2) is 4.68 Å². The molecule has 0 aliphatic carbocycles. The number of nitrogens with zero attached hydrogens (tertiary/aromatic N) is 5. The molecule has 1 amide bonds. The lowest BCUT2D eigenvalue weighted by Gasteiger charge is -2.08. The standard InChI is InChI=1S/C21H37N7O4/c1-2-3-4-5-20(29)23-10-12-30-14-16-32-17-15-31-13-11-28-18-19(24-27-28)6-7-21(8-9-22)25-26-21/h9,18,22H,2-8,10-17H2,1H3,(H,23,29). The van der Waals surface area contributed by atoms with Gasteiger partial charge in [-0.1, -0.05) is 25.0 Å². The Balaban J connectivity index is 1.35. The molecule has 0 spiro atoms. The number of ether oxygens (including phenoxy) is 3.